The fourth-order valence-electron chi connectivity index (χ4n) is 2.93. The molecule has 1 aromatic carbocycles. The summed E-state index contributed by atoms with van der Waals surface area (Å²) >= 11 is 5.45. The minimum absolute atomic E-state index is 0.141. The Kier molecular flexibility index (Phi) is 6.95. The Morgan fingerprint density at radius 1 is 1.20 bits per heavy atom. The fourth-order valence-corrected chi connectivity index (χ4v) is 4.57. The summed E-state index contributed by atoms with van der Waals surface area (Å²) in [5, 5.41) is 3.36. The summed E-state index contributed by atoms with van der Waals surface area (Å²) in [4.78, 5) is 13.6. The van der Waals surface area contributed by atoms with Gasteiger partial charge in [0.25, 0.3) is 10.0 Å². The van der Waals surface area contributed by atoms with Crippen molar-refractivity contribution in [1.29, 1.82) is 0 Å². The average molecular weight is 454 g/mol. The number of methoxy groups -OCH3 is 1. The van der Waals surface area contributed by atoms with E-state index in [1.54, 1.807) is 14.0 Å². The van der Waals surface area contributed by atoms with Crippen LogP contribution in [-0.4, -0.2) is 68.6 Å². The molecule has 2 aromatic rings. The highest BCUT2D eigenvalue weighted by Gasteiger charge is 2.32. The van der Waals surface area contributed by atoms with Crippen LogP contribution < -0.4 is 10.1 Å². The normalized spacial score (nSPS) is 14.9. The molecule has 30 heavy (non-hydrogen) atoms. The second-order valence-corrected chi connectivity index (χ2v) is 8.65. The van der Waals surface area contributed by atoms with Gasteiger partial charge in [-0.1, -0.05) is 6.07 Å². The van der Waals surface area contributed by atoms with Gasteiger partial charge in [0.05, 0.1) is 13.7 Å². The molecule has 9 nitrogen and oxygen atoms in total. The summed E-state index contributed by atoms with van der Waals surface area (Å²) < 4.78 is 42.2. The van der Waals surface area contributed by atoms with E-state index in [1.807, 2.05) is 29.2 Å². The number of hydrogen-bond acceptors (Lipinski definition) is 7. The molecule has 162 valence electrons. The number of carbonyl (C=O) groups excluding carboxylic acids is 1. The lowest BCUT2D eigenvalue weighted by atomic mass is 10.3. The first-order valence-corrected chi connectivity index (χ1v) is 11.2. The van der Waals surface area contributed by atoms with E-state index in [2.05, 4.69) is 5.32 Å². The third-order valence-corrected chi connectivity index (χ3v) is 6.63. The Bertz CT molecular complexity index is 1010. The van der Waals surface area contributed by atoms with Gasteiger partial charge in [0.1, 0.15) is 5.75 Å². The van der Waals surface area contributed by atoms with Crippen molar-refractivity contribution in [1.82, 2.24) is 9.21 Å². The maximum Gasteiger partial charge on any atom is 0.374 e. The Morgan fingerprint density at radius 2 is 1.93 bits per heavy atom. The molecule has 0 radical (unpaired) electrons. The number of carbonyl (C=O) groups is 1. The van der Waals surface area contributed by atoms with Crippen LogP contribution in [0.3, 0.4) is 0 Å². The van der Waals surface area contributed by atoms with Crippen molar-refractivity contribution in [3.63, 3.8) is 0 Å². The number of nitrogens with zero attached hydrogens (tertiary/aromatic N) is 2. The van der Waals surface area contributed by atoms with Crippen LogP contribution in [0.1, 0.15) is 17.5 Å². The number of sulfonamides is 1. The zero-order valence-electron chi connectivity index (χ0n) is 16.7. The highest BCUT2D eigenvalue weighted by atomic mass is 32.2. The van der Waals surface area contributed by atoms with E-state index in [-0.39, 0.29) is 30.5 Å². The maximum absolute atomic E-state index is 12.8. The summed E-state index contributed by atoms with van der Waals surface area (Å²) in [6, 6.07) is 9.94. The molecule has 1 aliphatic rings. The number of esters is 1. The molecule has 0 atom stereocenters. The van der Waals surface area contributed by atoms with Gasteiger partial charge in [-0.05, 0) is 43.4 Å². The SMILES string of the molecule is CCOC(=O)c1ccc(S(=O)(=O)N2CCN(C(=S)Nc3cccc(OC)c3)CC2)o1. The molecule has 0 saturated carbocycles. The van der Waals surface area contributed by atoms with E-state index in [9.17, 15) is 13.2 Å². The van der Waals surface area contributed by atoms with Gasteiger partial charge in [-0.25, -0.2) is 13.2 Å². The molecule has 2 heterocycles. The van der Waals surface area contributed by atoms with Crippen LogP contribution in [0, 0.1) is 0 Å². The van der Waals surface area contributed by atoms with Gasteiger partial charge in [-0.15, -0.1) is 0 Å². The molecule has 0 bridgehead atoms. The zero-order chi connectivity index (χ0) is 21.7. The summed E-state index contributed by atoms with van der Waals surface area (Å²) in [5.74, 6) is -0.130. The molecule has 3 rings (SSSR count). The molecular weight excluding hydrogens is 430 g/mol. The minimum Gasteiger partial charge on any atom is -0.497 e. The number of furan rings is 1. The first-order chi connectivity index (χ1) is 14.3. The van der Waals surface area contributed by atoms with E-state index < -0.39 is 16.0 Å². The van der Waals surface area contributed by atoms with Gasteiger partial charge in [0.15, 0.2) is 5.11 Å². The largest absolute Gasteiger partial charge is 0.497 e. The molecule has 0 aliphatic carbocycles. The zero-order valence-corrected chi connectivity index (χ0v) is 18.3. The monoisotopic (exact) mass is 453 g/mol. The number of hydrogen-bond donors (Lipinski definition) is 1. The molecule has 0 amide bonds. The Labute approximate surface area is 180 Å². The standard InChI is InChI=1S/C19H23N3O6S2/c1-3-27-18(23)16-7-8-17(28-16)30(24,25)22-11-9-21(10-12-22)19(29)20-14-5-4-6-15(13-14)26-2/h4-8,13H,3,9-12H2,1-2H3,(H,20,29). The van der Waals surface area contributed by atoms with Crippen molar-refractivity contribution in [3.05, 3.63) is 42.2 Å². The van der Waals surface area contributed by atoms with E-state index >= 15 is 0 Å². The second kappa shape index (κ2) is 9.45. The van der Waals surface area contributed by atoms with Crippen LogP contribution in [0.5, 0.6) is 5.75 Å². The van der Waals surface area contributed by atoms with E-state index in [4.69, 9.17) is 26.1 Å². The number of thiocarbonyl (C=S) groups is 1. The minimum atomic E-state index is -3.85. The lowest BCUT2D eigenvalue weighted by Gasteiger charge is -2.35. The Hall–Kier alpha value is -2.63. The second-order valence-electron chi connectivity index (χ2n) is 6.39. The molecule has 1 aliphatic heterocycles. The molecule has 0 spiro atoms. The number of benzene rings is 1. The van der Waals surface area contributed by atoms with Crippen molar-refractivity contribution in [2.45, 2.75) is 12.0 Å². The Balaban J connectivity index is 1.60. The molecule has 1 N–H and O–H groups in total. The van der Waals surface area contributed by atoms with Crippen LogP contribution >= 0.6 is 12.2 Å². The van der Waals surface area contributed by atoms with Crippen LogP contribution in [0.2, 0.25) is 0 Å². The van der Waals surface area contributed by atoms with E-state index in [0.29, 0.717) is 24.0 Å². The van der Waals surface area contributed by atoms with E-state index in [1.165, 1.54) is 16.4 Å². The third kappa shape index (κ3) is 4.91. The molecule has 11 heteroatoms. The third-order valence-electron chi connectivity index (χ3n) is 4.50. The van der Waals surface area contributed by atoms with Crippen LogP contribution in [0.15, 0.2) is 45.9 Å². The molecule has 1 aromatic heterocycles. The van der Waals surface area contributed by atoms with Crippen molar-refractivity contribution >= 4 is 39.0 Å². The quantitative estimate of drug-likeness (QED) is 0.521. The number of nitrogens with one attached hydrogen (secondary N) is 1. The molecule has 1 saturated heterocycles. The van der Waals surface area contributed by atoms with Gasteiger partial charge in [0, 0.05) is 37.9 Å². The number of ether oxygens (including phenoxy) is 2. The first-order valence-electron chi connectivity index (χ1n) is 9.32. The highest BCUT2D eigenvalue weighted by molar-refractivity contribution is 7.89. The van der Waals surface area contributed by atoms with Gasteiger partial charge in [-0.2, -0.15) is 4.31 Å². The highest BCUT2D eigenvalue weighted by Crippen LogP contribution is 2.22. The first kappa shape index (κ1) is 22.1. The number of anilines is 1. The van der Waals surface area contributed by atoms with Gasteiger partial charge < -0.3 is 24.1 Å². The maximum atomic E-state index is 12.8. The topological polar surface area (TPSA) is 101 Å². The predicted octanol–water partition coefficient (Wildman–Crippen LogP) is 2.17. The lowest BCUT2D eigenvalue weighted by Crippen LogP contribution is -2.51. The fraction of sp³-hybridized carbons (Fsp3) is 0.368. The summed E-state index contributed by atoms with van der Waals surface area (Å²) in [5.41, 5.74) is 0.788. The Morgan fingerprint density at radius 3 is 2.60 bits per heavy atom. The molecule has 0 unspecified atom stereocenters. The van der Waals surface area contributed by atoms with E-state index in [0.717, 1.165) is 5.69 Å². The van der Waals surface area contributed by atoms with Crippen LogP contribution in [-0.2, 0) is 14.8 Å². The average Bonchev–Trinajstić information content (AvgIpc) is 3.25. The van der Waals surface area contributed by atoms with Crippen molar-refractivity contribution in [2.24, 2.45) is 0 Å². The van der Waals surface area contributed by atoms with Gasteiger partial charge >= 0.3 is 5.97 Å². The summed E-state index contributed by atoms with van der Waals surface area (Å²) in [6.45, 7) is 3.13. The van der Waals surface area contributed by atoms with Gasteiger partial charge in [0.2, 0.25) is 10.9 Å². The molecular formula is C19H23N3O6S2. The predicted molar refractivity (Wildman–Crippen MR) is 114 cm³/mol. The summed E-state index contributed by atoms with van der Waals surface area (Å²) in [6.07, 6.45) is 0. The van der Waals surface area contributed by atoms with Crippen molar-refractivity contribution in [3.8, 4) is 5.75 Å². The van der Waals surface area contributed by atoms with Crippen LogP contribution in [0.4, 0.5) is 5.69 Å². The van der Waals surface area contributed by atoms with Gasteiger partial charge in [-0.3, -0.25) is 0 Å². The number of rotatable bonds is 6. The smallest absolute Gasteiger partial charge is 0.374 e. The lowest BCUT2D eigenvalue weighted by molar-refractivity contribution is 0.0483. The molecule has 1 fully saturated rings. The summed E-state index contributed by atoms with van der Waals surface area (Å²) in [7, 11) is -2.27. The van der Waals surface area contributed by atoms with Crippen LogP contribution in [0.25, 0.3) is 0 Å². The van der Waals surface area contributed by atoms with Crippen molar-refractivity contribution < 1.29 is 27.1 Å². The van der Waals surface area contributed by atoms with Crippen molar-refractivity contribution in [2.75, 3.05) is 45.2 Å². The number of piperazine rings is 1.